The first-order chi connectivity index (χ1) is 12.1. The van der Waals surface area contributed by atoms with Gasteiger partial charge in [0.25, 0.3) is 0 Å². The third kappa shape index (κ3) is 3.85. The van der Waals surface area contributed by atoms with Crippen molar-refractivity contribution in [3.8, 4) is 34.0 Å². The summed E-state index contributed by atoms with van der Waals surface area (Å²) in [4.78, 5) is 8.38. The van der Waals surface area contributed by atoms with Crippen molar-refractivity contribution in [2.45, 2.75) is 20.3 Å². The van der Waals surface area contributed by atoms with Crippen molar-refractivity contribution in [3.63, 3.8) is 0 Å². The van der Waals surface area contributed by atoms with Gasteiger partial charge in [-0.2, -0.15) is 0 Å². The van der Waals surface area contributed by atoms with E-state index in [1.165, 1.54) is 0 Å². The number of nitrogens with one attached hydrogen (secondary N) is 1. The van der Waals surface area contributed by atoms with Gasteiger partial charge in [0.2, 0.25) is 0 Å². The fraction of sp³-hybridized carbons (Fsp3) is 0.286. The summed E-state index contributed by atoms with van der Waals surface area (Å²) >= 11 is 0. The fourth-order valence-electron chi connectivity index (χ4n) is 2.83. The normalized spacial score (nSPS) is 10.9. The van der Waals surface area contributed by atoms with E-state index in [0.29, 0.717) is 5.92 Å². The number of ether oxygens (including phenoxy) is 2. The molecule has 1 aromatic heterocycles. The number of methoxy groups -OCH3 is 2. The highest BCUT2D eigenvalue weighted by Gasteiger charge is 2.15. The maximum Gasteiger partial charge on any atom is 0.118 e. The van der Waals surface area contributed by atoms with Gasteiger partial charge in [0.05, 0.1) is 25.6 Å². The van der Waals surface area contributed by atoms with Crippen LogP contribution in [0, 0.1) is 5.92 Å². The van der Waals surface area contributed by atoms with E-state index >= 15 is 0 Å². The molecule has 0 spiro atoms. The van der Waals surface area contributed by atoms with Crippen molar-refractivity contribution in [3.05, 3.63) is 54.4 Å². The minimum atomic E-state index is 0.540. The molecule has 25 heavy (non-hydrogen) atoms. The molecule has 0 atom stereocenters. The molecule has 2 aromatic carbocycles. The molecule has 0 amide bonds. The van der Waals surface area contributed by atoms with Crippen LogP contribution in [0.5, 0.6) is 11.5 Å². The predicted molar refractivity (Wildman–Crippen MR) is 101 cm³/mol. The van der Waals surface area contributed by atoms with Crippen molar-refractivity contribution in [1.29, 1.82) is 0 Å². The van der Waals surface area contributed by atoms with Gasteiger partial charge < -0.3 is 14.5 Å². The lowest BCUT2D eigenvalue weighted by Gasteiger charge is -2.06. The molecular weight excluding hydrogens is 312 g/mol. The molecule has 1 heterocycles. The Balaban J connectivity index is 2.05. The van der Waals surface area contributed by atoms with Crippen LogP contribution in [0.25, 0.3) is 22.5 Å². The average Bonchev–Trinajstić information content (AvgIpc) is 3.05. The molecule has 130 valence electrons. The number of aromatic nitrogens is 2. The van der Waals surface area contributed by atoms with Crippen LogP contribution in [0.4, 0.5) is 0 Å². The number of hydrogen-bond acceptors (Lipinski definition) is 3. The van der Waals surface area contributed by atoms with Gasteiger partial charge >= 0.3 is 0 Å². The number of imidazole rings is 1. The number of rotatable bonds is 6. The third-order valence-corrected chi connectivity index (χ3v) is 4.10. The van der Waals surface area contributed by atoms with Crippen LogP contribution >= 0.6 is 0 Å². The lowest BCUT2D eigenvalue weighted by molar-refractivity contribution is 0.414. The lowest BCUT2D eigenvalue weighted by Crippen LogP contribution is -1.95. The van der Waals surface area contributed by atoms with E-state index in [-0.39, 0.29) is 0 Å². The molecule has 0 aliphatic carbocycles. The zero-order valence-corrected chi connectivity index (χ0v) is 15.2. The summed E-state index contributed by atoms with van der Waals surface area (Å²) in [7, 11) is 3.35. The first-order valence-corrected chi connectivity index (χ1v) is 8.48. The number of H-pyrrole nitrogens is 1. The number of nitrogens with zero attached hydrogens (tertiary/aromatic N) is 1. The number of hydrogen-bond donors (Lipinski definition) is 1. The second-order valence-electron chi connectivity index (χ2n) is 6.46. The summed E-state index contributed by atoms with van der Waals surface area (Å²) in [6.45, 7) is 4.39. The van der Waals surface area contributed by atoms with Crippen LogP contribution in [0.2, 0.25) is 0 Å². The topological polar surface area (TPSA) is 47.1 Å². The van der Waals surface area contributed by atoms with E-state index in [1.807, 2.05) is 36.4 Å². The van der Waals surface area contributed by atoms with Crippen LogP contribution in [0.15, 0.2) is 48.5 Å². The molecule has 0 unspecified atom stereocenters. The van der Waals surface area contributed by atoms with Gasteiger partial charge in [-0.05, 0) is 54.4 Å². The van der Waals surface area contributed by atoms with E-state index in [0.717, 1.165) is 46.3 Å². The summed E-state index contributed by atoms with van der Waals surface area (Å²) in [5.41, 5.74) is 4.15. The Morgan fingerprint density at radius 1 is 0.840 bits per heavy atom. The Bertz CT molecular complexity index is 753. The molecule has 0 saturated carbocycles. The SMILES string of the molecule is COc1ccc(-c2nc(CC(C)C)[nH]c2-c2ccc(OC)cc2)cc1. The molecule has 4 nitrogen and oxygen atoms in total. The monoisotopic (exact) mass is 336 g/mol. The molecule has 0 aliphatic rings. The minimum Gasteiger partial charge on any atom is -0.497 e. The Kier molecular flexibility index (Phi) is 5.08. The van der Waals surface area contributed by atoms with Crippen LogP contribution in [0.3, 0.4) is 0 Å². The zero-order valence-electron chi connectivity index (χ0n) is 15.2. The van der Waals surface area contributed by atoms with Gasteiger partial charge in [-0.25, -0.2) is 4.98 Å². The third-order valence-electron chi connectivity index (χ3n) is 4.10. The average molecular weight is 336 g/mol. The highest BCUT2D eigenvalue weighted by molar-refractivity contribution is 5.79. The van der Waals surface area contributed by atoms with Gasteiger partial charge in [0.1, 0.15) is 17.3 Å². The van der Waals surface area contributed by atoms with Gasteiger partial charge in [-0.15, -0.1) is 0 Å². The van der Waals surface area contributed by atoms with Crippen LogP contribution in [0.1, 0.15) is 19.7 Å². The Labute approximate surface area is 148 Å². The molecule has 3 aromatic rings. The zero-order chi connectivity index (χ0) is 17.8. The summed E-state index contributed by atoms with van der Waals surface area (Å²) in [5.74, 6) is 3.23. The van der Waals surface area contributed by atoms with Gasteiger partial charge in [-0.3, -0.25) is 0 Å². The summed E-state index contributed by atoms with van der Waals surface area (Å²) in [6.07, 6.45) is 0.916. The Morgan fingerprint density at radius 3 is 1.84 bits per heavy atom. The van der Waals surface area contributed by atoms with Gasteiger partial charge in [0, 0.05) is 17.5 Å². The molecule has 0 bridgehead atoms. The predicted octanol–water partition coefficient (Wildman–Crippen LogP) is 4.96. The van der Waals surface area contributed by atoms with Crippen molar-refractivity contribution < 1.29 is 9.47 Å². The Morgan fingerprint density at radius 2 is 1.36 bits per heavy atom. The molecule has 0 radical (unpaired) electrons. The second kappa shape index (κ2) is 7.43. The van der Waals surface area contributed by atoms with Crippen LogP contribution in [-0.2, 0) is 6.42 Å². The largest absolute Gasteiger partial charge is 0.497 e. The fourth-order valence-corrected chi connectivity index (χ4v) is 2.83. The van der Waals surface area contributed by atoms with Crippen molar-refractivity contribution in [1.82, 2.24) is 9.97 Å². The molecule has 1 N–H and O–H groups in total. The molecule has 3 rings (SSSR count). The van der Waals surface area contributed by atoms with Crippen LogP contribution < -0.4 is 9.47 Å². The van der Waals surface area contributed by atoms with Crippen molar-refractivity contribution >= 4 is 0 Å². The first kappa shape index (κ1) is 17.1. The summed E-state index contributed by atoms with van der Waals surface area (Å²) in [5, 5.41) is 0. The van der Waals surface area contributed by atoms with E-state index in [4.69, 9.17) is 14.5 Å². The maximum absolute atomic E-state index is 5.26. The summed E-state index contributed by atoms with van der Waals surface area (Å²) in [6, 6.07) is 16.1. The highest BCUT2D eigenvalue weighted by atomic mass is 16.5. The molecule has 0 fully saturated rings. The van der Waals surface area contributed by atoms with Gasteiger partial charge in [0.15, 0.2) is 0 Å². The van der Waals surface area contributed by atoms with Gasteiger partial charge in [-0.1, -0.05) is 13.8 Å². The first-order valence-electron chi connectivity index (χ1n) is 8.48. The molecule has 0 saturated heterocycles. The van der Waals surface area contributed by atoms with E-state index < -0.39 is 0 Å². The van der Waals surface area contributed by atoms with E-state index in [1.54, 1.807) is 14.2 Å². The quantitative estimate of drug-likeness (QED) is 0.692. The van der Waals surface area contributed by atoms with Crippen LogP contribution in [-0.4, -0.2) is 24.2 Å². The maximum atomic E-state index is 5.26. The Hall–Kier alpha value is -2.75. The standard InChI is InChI=1S/C21H24N2O2/c1-14(2)13-19-22-20(15-5-9-17(24-3)10-6-15)21(23-19)16-7-11-18(25-4)12-8-16/h5-12,14H,13H2,1-4H3,(H,22,23). The van der Waals surface area contributed by atoms with E-state index in [9.17, 15) is 0 Å². The molecular formula is C21H24N2O2. The van der Waals surface area contributed by atoms with E-state index in [2.05, 4.69) is 31.0 Å². The van der Waals surface area contributed by atoms with Crippen molar-refractivity contribution in [2.24, 2.45) is 5.92 Å². The number of benzene rings is 2. The smallest absolute Gasteiger partial charge is 0.118 e. The second-order valence-corrected chi connectivity index (χ2v) is 6.46. The highest BCUT2D eigenvalue weighted by Crippen LogP contribution is 2.32. The molecule has 0 aliphatic heterocycles. The number of aromatic amines is 1. The van der Waals surface area contributed by atoms with Crippen molar-refractivity contribution in [2.75, 3.05) is 14.2 Å². The lowest BCUT2D eigenvalue weighted by atomic mass is 10.0. The molecule has 4 heteroatoms. The minimum absolute atomic E-state index is 0.540. The summed E-state index contributed by atoms with van der Waals surface area (Å²) < 4.78 is 10.5.